The van der Waals surface area contributed by atoms with E-state index in [1.807, 2.05) is 0 Å². The number of rotatable bonds is 3. The lowest BCUT2D eigenvalue weighted by Crippen LogP contribution is -2.24. The van der Waals surface area contributed by atoms with Crippen molar-refractivity contribution in [2.75, 3.05) is 0 Å². The highest BCUT2D eigenvalue weighted by atomic mass is 16.1. The van der Waals surface area contributed by atoms with Crippen LogP contribution in [0.3, 0.4) is 0 Å². The van der Waals surface area contributed by atoms with Gasteiger partial charge in [0.05, 0.1) is 0 Å². The Kier molecular flexibility index (Phi) is 1.53. The molecule has 0 spiro atoms. The van der Waals surface area contributed by atoms with E-state index in [4.69, 9.17) is 5.73 Å². The molecule has 0 radical (unpaired) electrons. The standard InChI is InChI=1S/C6H9N5O/c7-5(12)4(3-1-2-3)6-8-10-11-9-6/h3-4H,1-2H2,(H2,7,12)(H,8,9,10,11). The number of nitrogens with one attached hydrogen (secondary N) is 1. The number of carbonyl (C=O) groups is 1. The van der Waals surface area contributed by atoms with Gasteiger partial charge in [-0.3, -0.25) is 4.79 Å². The van der Waals surface area contributed by atoms with Crippen LogP contribution in [0, 0.1) is 5.92 Å². The Morgan fingerprint density at radius 3 is 2.83 bits per heavy atom. The largest absolute Gasteiger partial charge is 0.369 e. The minimum Gasteiger partial charge on any atom is -0.369 e. The number of nitrogens with zero attached hydrogens (tertiary/aromatic N) is 3. The Morgan fingerprint density at radius 1 is 1.67 bits per heavy atom. The maximum atomic E-state index is 11.0. The summed E-state index contributed by atoms with van der Waals surface area (Å²) in [5, 5.41) is 13.2. The van der Waals surface area contributed by atoms with Crippen LogP contribution < -0.4 is 5.73 Å². The van der Waals surface area contributed by atoms with Gasteiger partial charge in [-0.25, -0.2) is 0 Å². The zero-order valence-corrected chi connectivity index (χ0v) is 6.40. The molecule has 1 atom stereocenters. The van der Waals surface area contributed by atoms with E-state index in [0.717, 1.165) is 12.8 Å². The number of carbonyl (C=O) groups excluding carboxylic acids is 1. The number of nitrogens with two attached hydrogens (primary N) is 1. The molecule has 1 aliphatic carbocycles. The first kappa shape index (κ1) is 7.20. The first-order valence-electron chi connectivity index (χ1n) is 3.81. The fourth-order valence-electron chi connectivity index (χ4n) is 1.30. The van der Waals surface area contributed by atoms with Crippen LogP contribution in [0.1, 0.15) is 24.6 Å². The van der Waals surface area contributed by atoms with Gasteiger partial charge >= 0.3 is 0 Å². The minimum absolute atomic E-state index is 0.333. The molecule has 1 unspecified atom stereocenters. The highest BCUT2D eigenvalue weighted by molar-refractivity contribution is 5.81. The summed E-state index contributed by atoms with van der Waals surface area (Å²) in [5.74, 6) is 0.0488. The molecular weight excluding hydrogens is 158 g/mol. The van der Waals surface area contributed by atoms with Crippen molar-refractivity contribution >= 4 is 5.91 Å². The molecule has 0 aliphatic heterocycles. The van der Waals surface area contributed by atoms with E-state index in [1.165, 1.54) is 0 Å². The van der Waals surface area contributed by atoms with Crippen molar-refractivity contribution in [1.82, 2.24) is 20.6 Å². The van der Waals surface area contributed by atoms with Crippen LogP contribution in [0.4, 0.5) is 0 Å². The quantitative estimate of drug-likeness (QED) is 0.614. The molecule has 0 saturated heterocycles. The van der Waals surface area contributed by atoms with Gasteiger partial charge in [0.2, 0.25) is 5.91 Å². The molecule has 0 aromatic carbocycles. The Hall–Kier alpha value is -1.46. The third-order valence-corrected chi connectivity index (χ3v) is 2.04. The number of primary amides is 1. The summed E-state index contributed by atoms with van der Waals surface area (Å²) in [6.45, 7) is 0. The van der Waals surface area contributed by atoms with Gasteiger partial charge in [-0.05, 0) is 18.8 Å². The number of H-pyrrole nitrogens is 1. The molecular formula is C6H9N5O. The number of tetrazole rings is 1. The number of hydrogen-bond acceptors (Lipinski definition) is 4. The van der Waals surface area contributed by atoms with Gasteiger partial charge in [-0.1, -0.05) is 5.21 Å². The summed E-state index contributed by atoms with van der Waals surface area (Å²) in [4.78, 5) is 11.0. The normalized spacial score (nSPS) is 19.0. The number of amides is 1. The minimum atomic E-state index is -0.362. The van der Waals surface area contributed by atoms with Crippen molar-refractivity contribution < 1.29 is 4.79 Å². The number of hydrogen-bond donors (Lipinski definition) is 2. The van der Waals surface area contributed by atoms with Crippen LogP contribution in [0.5, 0.6) is 0 Å². The third-order valence-electron chi connectivity index (χ3n) is 2.04. The first-order valence-corrected chi connectivity index (χ1v) is 3.81. The Morgan fingerprint density at radius 2 is 2.42 bits per heavy atom. The predicted octanol–water partition coefficient (Wildman–Crippen LogP) is -0.821. The van der Waals surface area contributed by atoms with E-state index in [-0.39, 0.29) is 11.8 Å². The van der Waals surface area contributed by atoms with Crippen molar-refractivity contribution in [2.45, 2.75) is 18.8 Å². The van der Waals surface area contributed by atoms with E-state index in [2.05, 4.69) is 20.6 Å². The summed E-state index contributed by atoms with van der Waals surface area (Å²) in [5.41, 5.74) is 5.21. The lowest BCUT2D eigenvalue weighted by Gasteiger charge is -2.04. The van der Waals surface area contributed by atoms with Crippen molar-refractivity contribution in [3.05, 3.63) is 5.82 Å². The summed E-state index contributed by atoms with van der Waals surface area (Å²) < 4.78 is 0. The molecule has 0 bridgehead atoms. The lowest BCUT2D eigenvalue weighted by atomic mass is 10.0. The van der Waals surface area contributed by atoms with E-state index in [1.54, 1.807) is 0 Å². The maximum absolute atomic E-state index is 11.0. The van der Waals surface area contributed by atoms with Gasteiger partial charge in [0.15, 0.2) is 5.82 Å². The molecule has 1 aromatic heterocycles. The zero-order valence-electron chi connectivity index (χ0n) is 6.40. The van der Waals surface area contributed by atoms with Gasteiger partial charge in [0, 0.05) is 0 Å². The fraction of sp³-hybridized carbons (Fsp3) is 0.667. The molecule has 1 heterocycles. The molecule has 1 amide bonds. The predicted molar refractivity (Wildman–Crippen MR) is 38.8 cm³/mol. The van der Waals surface area contributed by atoms with Crippen LogP contribution in [0.25, 0.3) is 0 Å². The highest BCUT2D eigenvalue weighted by Gasteiger charge is 2.38. The van der Waals surface area contributed by atoms with Gasteiger partial charge in [0.25, 0.3) is 0 Å². The number of aromatic amines is 1. The van der Waals surface area contributed by atoms with Crippen LogP contribution >= 0.6 is 0 Å². The average Bonchev–Trinajstić information content (AvgIpc) is 2.65. The van der Waals surface area contributed by atoms with Crippen LogP contribution in [-0.4, -0.2) is 26.5 Å². The van der Waals surface area contributed by atoms with E-state index in [0.29, 0.717) is 11.7 Å². The first-order chi connectivity index (χ1) is 5.79. The smallest absolute Gasteiger partial charge is 0.228 e. The summed E-state index contributed by atoms with van der Waals surface area (Å²) in [7, 11) is 0. The van der Waals surface area contributed by atoms with Gasteiger partial charge in [-0.15, -0.1) is 10.2 Å². The average molecular weight is 167 g/mol. The summed E-state index contributed by atoms with van der Waals surface area (Å²) in [6, 6.07) is 0. The molecule has 1 aromatic rings. The monoisotopic (exact) mass is 167 g/mol. The third kappa shape index (κ3) is 1.15. The van der Waals surface area contributed by atoms with Crippen molar-refractivity contribution in [2.24, 2.45) is 11.7 Å². The maximum Gasteiger partial charge on any atom is 0.228 e. The van der Waals surface area contributed by atoms with Crippen molar-refractivity contribution in [3.8, 4) is 0 Å². The SMILES string of the molecule is NC(=O)C(c1nn[nH]n1)C1CC1. The van der Waals surface area contributed by atoms with Crippen LogP contribution in [0.2, 0.25) is 0 Å². The topological polar surface area (TPSA) is 97.5 Å². The molecule has 3 N–H and O–H groups in total. The Bertz CT molecular complexity index is 278. The van der Waals surface area contributed by atoms with E-state index >= 15 is 0 Å². The highest BCUT2D eigenvalue weighted by Crippen LogP contribution is 2.40. The molecule has 12 heavy (non-hydrogen) atoms. The van der Waals surface area contributed by atoms with Crippen molar-refractivity contribution in [1.29, 1.82) is 0 Å². The van der Waals surface area contributed by atoms with E-state index < -0.39 is 0 Å². The summed E-state index contributed by atoms with van der Waals surface area (Å²) in [6.07, 6.45) is 2.06. The van der Waals surface area contributed by atoms with Crippen LogP contribution in [-0.2, 0) is 4.79 Å². The van der Waals surface area contributed by atoms with Crippen LogP contribution in [0.15, 0.2) is 0 Å². The fourth-order valence-corrected chi connectivity index (χ4v) is 1.30. The molecule has 1 saturated carbocycles. The van der Waals surface area contributed by atoms with Gasteiger partial charge in [-0.2, -0.15) is 5.21 Å². The second-order valence-electron chi connectivity index (χ2n) is 2.99. The number of aromatic nitrogens is 4. The zero-order chi connectivity index (χ0) is 8.55. The van der Waals surface area contributed by atoms with E-state index in [9.17, 15) is 4.79 Å². The van der Waals surface area contributed by atoms with Gasteiger partial charge in [0.1, 0.15) is 5.92 Å². The lowest BCUT2D eigenvalue weighted by molar-refractivity contribution is -0.120. The molecule has 6 nitrogen and oxygen atoms in total. The van der Waals surface area contributed by atoms with Crippen molar-refractivity contribution in [3.63, 3.8) is 0 Å². The molecule has 6 heteroatoms. The Balaban J connectivity index is 2.21. The second kappa shape index (κ2) is 2.54. The molecule has 2 rings (SSSR count). The molecule has 1 aliphatic rings. The molecule has 1 fully saturated rings. The van der Waals surface area contributed by atoms with Gasteiger partial charge < -0.3 is 5.73 Å². The Labute approximate surface area is 68.5 Å². The molecule has 64 valence electrons. The second-order valence-corrected chi connectivity index (χ2v) is 2.99. The summed E-state index contributed by atoms with van der Waals surface area (Å²) >= 11 is 0.